The molecule has 0 spiro atoms. The highest BCUT2D eigenvalue weighted by molar-refractivity contribution is 6.09. The third-order valence-electron chi connectivity index (χ3n) is 6.62. The fourth-order valence-corrected chi connectivity index (χ4v) is 5.02. The van der Waals surface area contributed by atoms with Crippen LogP contribution < -0.4 is 4.90 Å². The van der Waals surface area contributed by atoms with Gasteiger partial charge in [0.25, 0.3) is 0 Å². The topological polar surface area (TPSA) is 16.4 Å². The lowest BCUT2D eigenvalue weighted by Crippen LogP contribution is -2.09. The lowest BCUT2D eigenvalue weighted by molar-refractivity contribution is 0.669. The van der Waals surface area contributed by atoms with Gasteiger partial charge in [0.15, 0.2) is 0 Å². The number of hydrogen-bond acceptors (Lipinski definition) is 2. The van der Waals surface area contributed by atoms with E-state index in [1.54, 1.807) is 0 Å². The zero-order chi connectivity index (χ0) is 22.5. The van der Waals surface area contributed by atoms with Crippen molar-refractivity contribution in [2.75, 3.05) is 4.90 Å². The molecule has 0 saturated heterocycles. The van der Waals surface area contributed by atoms with Gasteiger partial charge in [-0.3, -0.25) is 0 Å². The Balaban J connectivity index is 1.46. The monoisotopic (exact) mass is 435 g/mol. The predicted octanol–water partition coefficient (Wildman–Crippen LogP) is 9.36. The smallest absolute Gasteiger partial charge is 0.135 e. The van der Waals surface area contributed by atoms with Crippen molar-refractivity contribution in [2.45, 2.75) is 0 Å². The van der Waals surface area contributed by atoms with Gasteiger partial charge in [-0.05, 0) is 70.1 Å². The van der Waals surface area contributed by atoms with E-state index in [9.17, 15) is 0 Å². The summed E-state index contributed by atoms with van der Waals surface area (Å²) in [5.74, 6) is 0. The Kier molecular flexibility index (Phi) is 4.18. The summed E-state index contributed by atoms with van der Waals surface area (Å²) in [5.41, 5.74) is 5.17. The largest absolute Gasteiger partial charge is 0.456 e. The standard InChI is InChI=1S/C32H21NO/c1-2-9-24(10-3-1)33(26-17-19-32-30(21-26)29-12-6-7-13-31(29)34-32)25-16-18-28-23(20-25)15-14-22-8-4-5-11-27(22)28/h1-21H. The number of fused-ring (bicyclic) bond motifs is 6. The molecule has 0 N–H and O–H groups in total. The zero-order valence-electron chi connectivity index (χ0n) is 18.5. The first-order valence-electron chi connectivity index (χ1n) is 11.5. The second-order valence-corrected chi connectivity index (χ2v) is 8.64. The van der Waals surface area contributed by atoms with Gasteiger partial charge in [0.2, 0.25) is 0 Å². The lowest BCUT2D eigenvalue weighted by atomic mass is 10.0. The van der Waals surface area contributed by atoms with Crippen LogP contribution in [0.15, 0.2) is 132 Å². The molecule has 0 radical (unpaired) electrons. The van der Waals surface area contributed by atoms with E-state index < -0.39 is 0 Å². The average molecular weight is 436 g/mol. The fraction of sp³-hybridized carbons (Fsp3) is 0. The van der Waals surface area contributed by atoms with Gasteiger partial charge in [0.1, 0.15) is 11.2 Å². The summed E-state index contributed by atoms with van der Waals surface area (Å²) >= 11 is 0. The number of rotatable bonds is 3. The van der Waals surface area contributed by atoms with Crippen molar-refractivity contribution in [1.29, 1.82) is 0 Å². The van der Waals surface area contributed by atoms with Crippen molar-refractivity contribution in [3.05, 3.63) is 127 Å². The molecular weight excluding hydrogens is 414 g/mol. The molecule has 0 bridgehead atoms. The van der Waals surface area contributed by atoms with Crippen LogP contribution in [0.4, 0.5) is 17.1 Å². The summed E-state index contributed by atoms with van der Waals surface area (Å²) in [6, 6.07) is 45.0. The first kappa shape index (κ1) is 19.0. The molecule has 0 unspecified atom stereocenters. The Morgan fingerprint density at radius 1 is 0.382 bits per heavy atom. The van der Waals surface area contributed by atoms with E-state index in [0.717, 1.165) is 39.0 Å². The van der Waals surface area contributed by atoms with Gasteiger partial charge in [-0.2, -0.15) is 0 Å². The molecule has 6 aromatic carbocycles. The van der Waals surface area contributed by atoms with Crippen LogP contribution in [0.5, 0.6) is 0 Å². The molecule has 34 heavy (non-hydrogen) atoms. The van der Waals surface area contributed by atoms with Gasteiger partial charge in [-0.1, -0.05) is 78.9 Å². The Bertz CT molecular complexity index is 1810. The summed E-state index contributed by atoms with van der Waals surface area (Å²) in [4.78, 5) is 2.32. The molecule has 0 fully saturated rings. The molecule has 7 aromatic rings. The van der Waals surface area contributed by atoms with Gasteiger partial charge < -0.3 is 9.32 Å². The molecule has 0 atom stereocenters. The SMILES string of the molecule is c1ccc(N(c2ccc3c(ccc4ccccc43)c2)c2ccc3oc4ccccc4c3c2)cc1. The zero-order valence-corrected chi connectivity index (χ0v) is 18.5. The Morgan fingerprint density at radius 3 is 1.94 bits per heavy atom. The van der Waals surface area contributed by atoms with Crippen molar-refractivity contribution in [2.24, 2.45) is 0 Å². The molecule has 7 rings (SSSR count). The fourth-order valence-electron chi connectivity index (χ4n) is 5.02. The molecule has 1 aromatic heterocycles. The first-order valence-corrected chi connectivity index (χ1v) is 11.5. The predicted molar refractivity (Wildman–Crippen MR) is 143 cm³/mol. The van der Waals surface area contributed by atoms with Crippen LogP contribution in [-0.2, 0) is 0 Å². The normalized spacial score (nSPS) is 11.5. The summed E-state index contributed by atoms with van der Waals surface area (Å²) in [6.45, 7) is 0. The Hall–Kier alpha value is -4.56. The van der Waals surface area contributed by atoms with Crippen LogP contribution in [0, 0.1) is 0 Å². The van der Waals surface area contributed by atoms with Crippen molar-refractivity contribution in [3.63, 3.8) is 0 Å². The number of nitrogens with zero attached hydrogens (tertiary/aromatic N) is 1. The highest BCUT2D eigenvalue weighted by Crippen LogP contribution is 2.40. The third-order valence-corrected chi connectivity index (χ3v) is 6.62. The van der Waals surface area contributed by atoms with Gasteiger partial charge in [0.05, 0.1) is 0 Å². The minimum absolute atomic E-state index is 0.906. The lowest BCUT2D eigenvalue weighted by Gasteiger charge is -2.26. The van der Waals surface area contributed by atoms with Crippen molar-refractivity contribution < 1.29 is 4.42 Å². The average Bonchev–Trinajstić information content (AvgIpc) is 3.27. The Labute approximate surface area is 197 Å². The highest BCUT2D eigenvalue weighted by Gasteiger charge is 2.16. The van der Waals surface area contributed by atoms with Gasteiger partial charge in [0, 0.05) is 27.8 Å². The first-order chi connectivity index (χ1) is 16.8. The summed E-state index contributed by atoms with van der Waals surface area (Å²) in [7, 11) is 0. The van der Waals surface area contributed by atoms with Crippen molar-refractivity contribution in [1.82, 2.24) is 0 Å². The van der Waals surface area contributed by atoms with Gasteiger partial charge in [-0.25, -0.2) is 0 Å². The quantitative estimate of drug-likeness (QED) is 0.257. The van der Waals surface area contributed by atoms with Crippen molar-refractivity contribution in [3.8, 4) is 0 Å². The second kappa shape index (κ2) is 7.50. The van der Waals surface area contributed by atoms with E-state index in [-0.39, 0.29) is 0 Å². The maximum atomic E-state index is 6.08. The van der Waals surface area contributed by atoms with Gasteiger partial charge >= 0.3 is 0 Å². The molecule has 2 heteroatoms. The minimum Gasteiger partial charge on any atom is -0.456 e. The van der Waals surface area contributed by atoms with E-state index in [0.29, 0.717) is 0 Å². The highest BCUT2D eigenvalue weighted by atomic mass is 16.3. The van der Waals surface area contributed by atoms with Crippen LogP contribution in [-0.4, -0.2) is 0 Å². The molecule has 160 valence electrons. The molecule has 2 nitrogen and oxygen atoms in total. The van der Waals surface area contributed by atoms with Crippen LogP contribution in [0.1, 0.15) is 0 Å². The summed E-state index contributed by atoms with van der Waals surface area (Å²) < 4.78 is 6.08. The second-order valence-electron chi connectivity index (χ2n) is 8.64. The molecule has 0 aliphatic carbocycles. The molecule has 0 saturated carbocycles. The number of para-hydroxylation sites is 2. The van der Waals surface area contributed by atoms with Crippen LogP contribution in [0.3, 0.4) is 0 Å². The van der Waals surface area contributed by atoms with E-state index in [1.165, 1.54) is 21.5 Å². The molecule has 0 aliphatic heterocycles. The number of anilines is 3. The minimum atomic E-state index is 0.906. The molecular formula is C32H21NO. The molecule has 0 amide bonds. The molecule has 0 aliphatic rings. The van der Waals surface area contributed by atoms with E-state index in [2.05, 4.69) is 120 Å². The summed E-state index contributed by atoms with van der Waals surface area (Å²) in [6.07, 6.45) is 0. The van der Waals surface area contributed by atoms with Crippen LogP contribution in [0.25, 0.3) is 43.5 Å². The van der Waals surface area contributed by atoms with E-state index in [1.807, 2.05) is 12.1 Å². The maximum absolute atomic E-state index is 6.08. The number of benzene rings is 6. The van der Waals surface area contributed by atoms with E-state index in [4.69, 9.17) is 4.42 Å². The van der Waals surface area contributed by atoms with Gasteiger partial charge in [-0.15, -0.1) is 0 Å². The van der Waals surface area contributed by atoms with Crippen LogP contribution >= 0.6 is 0 Å². The van der Waals surface area contributed by atoms with Crippen molar-refractivity contribution >= 4 is 60.5 Å². The van der Waals surface area contributed by atoms with E-state index >= 15 is 0 Å². The maximum Gasteiger partial charge on any atom is 0.135 e. The Morgan fingerprint density at radius 2 is 1.03 bits per heavy atom. The number of hydrogen-bond donors (Lipinski definition) is 0. The summed E-state index contributed by atoms with van der Waals surface area (Å²) in [5, 5.41) is 7.31. The van der Waals surface area contributed by atoms with Crippen LogP contribution in [0.2, 0.25) is 0 Å². The molecule has 1 heterocycles. The third kappa shape index (κ3) is 2.96. The number of furan rings is 1.